The molecule has 1 aliphatic heterocycles. The SMILES string of the molecule is CSC(C)(C)[C@H](N)C(=O)N1CCc2oc(CCc3ccccc3)nc2C1.Cl. The summed E-state index contributed by atoms with van der Waals surface area (Å²) in [6.07, 6.45) is 4.35. The largest absolute Gasteiger partial charge is 0.445 e. The van der Waals surface area contributed by atoms with Gasteiger partial charge in [-0.15, -0.1) is 12.4 Å². The molecule has 0 saturated carbocycles. The van der Waals surface area contributed by atoms with E-state index in [0.717, 1.165) is 30.2 Å². The van der Waals surface area contributed by atoms with Crippen LogP contribution in [-0.4, -0.2) is 39.4 Å². The van der Waals surface area contributed by atoms with E-state index in [0.29, 0.717) is 19.5 Å². The number of rotatable bonds is 6. The Balaban J connectivity index is 0.00000261. The van der Waals surface area contributed by atoms with Gasteiger partial charge in [-0.05, 0) is 32.1 Å². The van der Waals surface area contributed by atoms with Crippen LogP contribution in [0.5, 0.6) is 0 Å². The average molecular weight is 410 g/mol. The third-order valence-electron chi connectivity index (χ3n) is 5.10. The van der Waals surface area contributed by atoms with Crippen molar-refractivity contribution in [3.8, 4) is 0 Å². The first-order valence-corrected chi connectivity index (χ1v) is 10.2. The van der Waals surface area contributed by atoms with Gasteiger partial charge >= 0.3 is 0 Å². The fraction of sp³-hybridized carbons (Fsp3) is 0.500. The molecule has 0 bridgehead atoms. The van der Waals surface area contributed by atoms with Crippen molar-refractivity contribution in [2.24, 2.45) is 5.73 Å². The monoisotopic (exact) mass is 409 g/mol. The highest BCUT2D eigenvalue weighted by molar-refractivity contribution is 8.00. The van der Waals surface area contributed by atoms with Crippen LogP contribution in [0.15, 0.2) is 34.7 Å². The highest BCUT2D eigenvalue weighted by Gasteiger charge is 2.36. The molecule has 0 radical (unpaired) electrons. The predicted octanol–water partition coefficient (Wildman–Crippen LogP) is 3.24. The number of fused-ring (bicyclic) bond motifs is 1. The molecular formula is C20H28ClN3O2S. The quantitative estimate of drug-likeness (QED) is 0.792. The van der Waals surface area contributed by atoms with Crippen molar-refractivity contribution >= 4 is 30.1 Å². The Bertz CT molecular complexity index is 764. The van der Waals surface area contributed by atoms with Crippen molar-refractivity contribution < 1.29 is 9.21 Å². The van der Waals surface area contributed by atoms with E-state index < -0.39 is 6.04 Å². The molecule has 3 rings (SSSR count). The lowest BCUT2D eigenvalue weighted by molar-refractivity contribution is -0.134. The van der Waals surface area contributed by atoms with E-state index in [1.807, 2.05) is 43.2 Å². The molecule has 0 fully saturated rings. The topological polar surface area (TPSA) is 72.4 Å². The molecule has 1 atom stereocenters. The molecule has 27 heavy (non-hydrogen) atoms. The fourth-order valence-corrected chi connectivity index (χ4v) is 3.42. The molecule has 1 aromatic heterocycles. The number of nitrogens with two attached hydrogens (primary N) is 1. The van der Waals surface area contributed by atoms with Crippen LogP contribution in [-0.2, 0) is 30.6 Å². The molecule has 2 aromatic rings. The highest BCUT2D eigenvalue weighted by Crippen LogP contribution is 2.27. The van der Waals surface area contributed by atoms with Crippen LogP contribution < -0.4 is 5.73 Å². The fourth-order valence-electron chi connectivity index (χ4n) is 3.06. The summed E-state index contributed by atoms with van der Waals surface area (Å²) in [7, 11) is 0. The summed E-state index contributed by atoms with van der Waals surface area (Å²) >= 11 is 1.62. The van der Waals surface area contributed by atoms with Gasteiger partial charge in [-0.25, -0.2) is 4.98 Å². The summed E-state index contributed by atoms with van der Waals surface area (Å²) in [6.45, 7) is 5.14. The Morgan fingerprint density at radius 1 is 1.33 bits per heavy atom. The molecule has 148 valence electrons. The number of halogens is 1. The zero-order valence-electron chi connectivity index (χ0n) is 16.1. The van der Waals surface area contributed by atoms with E-state index >= 15 is 0 Å². The third-order valence-corrected chi connectivity index (χ3v) is 6.40. The second kappa shape index (κ2) is 9.13. The van der Waals surface area contributed by atoms with Gasteiger partial charge in [0.15, 0.2) is 5.89 Å². The summed E-state index contributed by atoms with van der Waals surface area (Å²) in [6, 6.07) is 9.79. The number of carbonyl (C=O) groups is 1. The lowest BCUT2D eigenvalue weighted by Crippen LogP contribution is -2.54. The third kappa shape index (κ3) is 5.06. The summed E-state index contributed by atoms with van der Waals surface area (Å²) in [4.78, 5) is 19.2. The van der Waals surface area contributed by atoms with Gasteiger partial charge in [-0.1, -0.05) is 30.3 Å². The number of benzene rings is 1. The molecule has 1 aromatic carbocycles. The van der Waals surface area contributed by atoms with Crippen LogP contribution >= 0.6 is 24.2 Å². The van der Waals surface area contributed by atoms with Crippen LogP contribution in [0.3, 0.4) is 0 Å². The van der Waals surface area contributed by atoms with E-state index in [1.165, 1.54) is 5.56 Å². The number of thioether (sulfide) groups is 1. The first-order chi connectivity index (χ1) is 12.4. The molecule has 0 unspecified atom stereocenters. The van der Waals surface area contributed by atoms with Gasteiger partial charge in [-0.3, -0.25) is 4.79 Å². The predicted molar refractivity (Wildman–Crippen MR) is 112 cm³/mol. The summed E-state index contributed by atoms with van der Waals surface area (Å²) < 4.78 is 5.63. The van der Waals surface area contributed by atoms with E-state index in [2.05, 4.69) is 17.1 Å². The summed E-state index contributed by atoms with van der Waals surface area (Å²) in [5, 5.41) is 0. The van der Waals surface area contributed by atoms with E-state index in [-0.39, 0.29) is 23.1 Å². The maximum atomic E-state index is 12.8. The second-order valence-electron chi connectivity index (χ2n) is 7.26. The maximum Gasteiger partial charge on any atom is 0.241 e. The van der Waals surface area contributed by atoms with Gasteiger partial charge < -0.3 is 15.1 Å². The number of aryl methyl sites for hydroxylation is 2. The molecule has 0 saturated heterocycles. The second-order valence-corrected chi connectivity index (χ2v) is 8.72. The van der Waals surface area contributed by atoms with Crippen molar-refractivity contribution in [2.45, 2.75) is 50.4 Å². The van der Waals surface area contributed by atoms with Crippen LogP contribution in [0, 0.1) is 0 Å². The number of hydrogen-bond acceptors (Lipinski definition) is 5. The van der Waals surface area contributed by atoms with E-state index in [9.17, 15) is 4.79 Å². The van der Waals surface area contributed by atoms with Gasteiger partial charge in [0.2, 0.25) is 5.91 Å². The normalized spacial score (nSPS) is 15.0. The molecule has 0 aliphatic carbocycles. The Hall–Kier alpha value is -1.50. The van der Waals surface area contributed by atoms with E-state index in [1.54, 1.807) is 11.8 Å². The molecule has 5 nitrogen and oxygen atoms in total. The minimum atomic E-state index is -0.525. The molecule has 2 N–H and O–H groups in total. The molecule has 0 spiro atoms. The first-order valence-electron chi connectivity index (χ1n) is 9.01. The van der Waals surface area contributed by atoms with Crippen LogP contribution in [0.1, 0.15) is 36.8 Å². The van der Waals surface area contributed by atoms with Crippen LogP contribution in [0.25, 0.3) is 0 Å². The minimum Gasteiger partial charge on any atom is -0.445 e. The average Bonchev–Trinajstić information content (AvgIpc) is 3.08. The molecular weight excluding hydrogens is 382 g/mol. The number of amides is 1. The number of nitrogens with zero attached hydrogens (tertiary/aromatic N) is 2. The summed E-state index contributed by atoms with van der Waals surface area (Å²) in [5.74, 6) is 1.65. The Morgan fingerprint density at radius 2 is 2.04 bits per heavy atom. The van der Waals surface area contributed by atoms with Crippen molar-refractivity contribution in [1.29, 1.82) is 0 Å². The number of aromatic nitrogens is 1. The van der Waals surface area contributed by atoms with Crippen LogP contribution in [0.4, 0.5) is 0 Å². The van der Waals surface area contributed by atoms with Gasteiger partial charge in [0.05, 0.1) is 12.6 Å². The maximum absolute atomic E-state index is 12.8. The smallest absolute Gasteiger partial charge is 0.241 e. The molecule has 1 amide bonds. The van der Waals surface area contributed by atoms with E-state index in [4.69, 9.17) is 10.2 Å². The molecule has 7 heteroatoms. The Morgan fingerprint density at radius 3 is 2.70 bits per heavy atom. The lowest BCUT2D eigenvalue weighted by atomic mass is 10.0. The molecule has 2 heterocycles. The van der Waals surface area contributed by atoms with Gasteiger partial charge in [-0.2, -0.15) is 11.8 Å². The van der Waals surface area contributed by atoms with Gasteiger partial charge in [0, 0.05) is 24.1 Å². The van der Waals surface area contributed by atoms with Crippen molar-refractivity contribution in [3.05, 3.63) is 53.2 Å². The standard InChI is InChI=1S/C20H27N3O2S.ClH/c1-20(2,26-3)18(21)19(24)23-12-11-16-15(13-23)22-17(25-16)10-9-14-7-5-4-6-8-14;/h4-8,18H,9-13,21H2,1-3H3;1H/t18-;/m1./s1. The number of oxazole rings is 1. The van der Waals surface area contributed by atoms with Crippen molar-refractivity contribution in [2.75, 3.05) is 12.8 Å². The summed E-state index contributed by atoms with van der Waals surface area (Å²) in [5.41, 5.74) is 8.36. The van der Waals surface area contributed by atoms with Crippen molar-refractivity contribution in [1.82, 2.24) is 9.88 Å². The Kier molecular flexibility index (Phi) is 7.37. The zero-order chi connectivity index (χ0) is 18.7. The van der Waals surface area contributed by atoms with Crippen molar-refractivity contribution in [3.63, 3.8) is 0 Å². The van der Waals surface area contributed by atoms with Crippen LogP contribution in [0.2, 0.25) is 0 Å². The number of carbonyl (C=O) groups excluding carboxylic acids is 1. The zero-order valence-corrected chi connectivity index (χ0v) is 17.7. The lowest BCUT2D eigenvalue weighted by Gasteiger charge is -2.34. The van der Waals surface area contributed by atoms with Gasteiger partial charge in [0.25, 0.3) is 0 Å². The minimum absolute atomic E-state index is 0. The Labute approximate surface area is 171 Å². The highest BCUT2D eigenvalue weighted by atomic mass is 35.5. The molecule has 1 aliphatic rings. The van der Waals surface area contributed by atoms with Gasteiger partial charge in [0.1, 0.15) is 11.5 Å². The number of hydrogen-bond donors (Lipinski definition) is 1. The first kappa shape index (κ1) is 21.8.